The van der Waals surface area contributed by atoms with Gasteiger partial charge in [0.1, 0.15) is 11.6 Å². The van der Waals surface area contributed by atoms with Crippen molar-refractivity contribution in [3.05, 3.63) is 64.5 Å². The van der Waals surface area contributed by atoms with E-state index in [1.165, 1.54) is 30.5 Å². The van der Waals surface area contributed by atoms with Crippen LogP contribution < -0.4 is 10.1 Å². The third-order valence-electron chi connectivity index (χ3n) is 6.98. The highest BCUT2D eigenvalue weighted by atomic mass is 19.1. The highest BCUT2D eigenvalue weighted by Crippen LogP contribution is 2.41. The van der Waals surface area contributed by atoms with Gasteiger partial charge in [0.15, 0.2) is 5.78 Å². The number of benzene rings is 2. The molecule has 7 heteroatoms. The van der Waals surface area contributed by atoms with E-state index in [4.69, 9.17) is 9.84 Å². The maximum absolute atomic E-state index is 14.6. The molecule has 0 spiro atoms. The number of hydrogen-bond donors (Lipinski definition) is 2. The molecule has 0 bridgehead atoms. The Balaban J connectivity index is 1.21. The van der Waals surface area contributed by atoms with Crippen molar-refractivity contribution in [2.24, 2.45) is 5.92 Å². The number of nitrogens with one attached hydrogen (secondary N) is 1. The first-order valence-electron chi connectivity index (χ1n) is 12.4. The number of rotatable bonds is 10. The maximum Gasteiger partial charge on any atom is 0.306 e. The predicted molar refractivity (Wildman–Crippen MR) is 129 cm³/mol. The number of amides is 1. The van der Waals surface area contributed by atoms with Gasteiger partial charge in [0, 0.05) is 24.6 Å². The Labute approximate surface area is 204 Å². The molecule has 2 aliphatic carbocycles. The molecule has 2 saturated carbocycles. The van der Waals surface area contributed by atoms with E-state index in [0.29, 0.717) is 55.9 Å². The van der Waals surface area contributed by atoms with Crippen LogP contribution in [0.15, 0.2) is 36.4 Å². The second-order valence-corrected chi connectivity index (χ2v) is 9.70. The molecule has 0 unspecified atom stereocenters. The Morgan fingerprint density at radius 2 is 1.77 bits per heavy atom. The van der Waals surface area contributed by atoms with E-state index in [2.05, 4.69) is 5.32 Å². The minimum Gasteiger partial charge on any atom is -0.490 e. The molecule has 0 radical (unpaired) electrons. The van der Waals surface area contributed by atoms with Gasteiger partial charge in [0.25, 0.3) is 5.91 Å². The van der Waals surface area contributed by atoms with Gasteiger partial charge >= 0.3 is 5.97 Å². The predicted octanol–water partition coefficient (Wildman–Crippen LogP) is 5.43. The first-order chi connectivity index (χ1) is 16.8. The SMILES string of the molecule is Cc1cc(C(=O)NCCCC(=O)c2ccc(OC3CCC(C(=O)O)CC3)cc2F)ccc1C1CC1. The van der Waals surface area contributed by atoms with Gasteiger partial charge in [0.05, 0.1) is 17.6 Å². The zero-order valence-corrected chi connectivity index (χ0v) is 20.0. The number of carbonyl (C=O) groups excluding carboxylic acids is 2. The number of Topliss-reactive ketones (excluding diaryl/α,β-unsaturated/α-hetero) is 1. The fourth-order valence-electron chi connectivity index (χ4n) is 4.77. The van der Waals surface area contributed by atoms with Crippen LogP contribution in [0, 0.1) is 18.7 Å². The lowest BCUT2D eigenvalue weighted by molar-refractivity contribution is -0.143. The first kappa shape index (κ1) is 24.9. The molecule has 0 heterocycles. The fraction of sp³-hybridized carbons (Fsp3) is 0.464. The fourth-order valence-corrected chi connectivity index (χ4v) is 4.77. The molecule has 0 aliphatic heterocycles. The Morgan fingerprint density at radius 3 is 2.40 bits per heavy atom. The molecule has 2 fully saturated rings. The smallest absolute Gasteiger partial charge is 0.306 e. The number of ether oxygens (including phenoxy) is 1. The van der Waals surface area contributed by atoms with E-state index in [-0.39, 0.29) is 35.7 Å². The van der Waals surface area contributed by atoms with Gasteiger partial charge in [-0.3, -0.25) is 14.4 Å². The number of hydrogen-bond acceptors (Lipinski definition) is 4. The molecule has 2 N–H and O–H groups in total. The van der Waals surface area contributed by atoms with Gasteiger partial charge in [-0.2, -0.15) is 0 Å². The molecule has 0 atom stereocenters. The summed E-state index contributed by atoms with van der Waals surface area (Å²) in [6.45, 7) is 2.35. The zero-order chi connectivity index (χ0) is 24.9. The Morgan fingerprint density at radius 1 is 1.03 bits per heavy atom. The third-order valence-corrected chi connectivity index (χ3v) is 6.98. The number of aryl methyl sites for hydroxylation is 1. The first-order valence-corrected chi connectivity index (χ1v) is 12.4. The van der Waals surface area contributed by atoms with Crippen LogP contribution in [0.4, 0.5) is 4.39 Å². The topological polar surface area (TPSA) is 92.7 Å². The molecule has 2 aromatic rings. The molecular formula is C28H32FNO5. The van der Waals surface area contributed by atoms with E-state index in [1.54, 1.807) is 6.07 Å². The second kappa shape index (κ2) is 11.0. The van der Waals surface area contributed by atoms with Gasteiger partial charge in [-0.25, -0.2) is 4.39 Å². The summed E-state index contributed by atoms with van der Waals surface area (Å²) in [4.78, 5) is 36.0. The van der Waals surface area contributed by atoms with Gasteiger partial charge in [-0.15, -0.1) is 0 Å². The normalized spacial score (nSPS) is 19.7. The number of carboxylic acids is 1. The summed E-state index contributed by atoms with van der Waals surface area (Å²) in [5.41, 5.74) is 3.06. The lowest BCUT2D eigenvalue weighted by atomic mass is 9.87. The van der Waals surface area contributed by atoms with Crippen LogP contribution in [0.3, 0.4) is 0 Å². The van der Waals surface area contributed by atoms with E-state index in [0.717, 1.165) is 5.56 Å². The Kier molecular flexibility index (Phi) is 7.83. The van der Waals surface area contributed by atoms with E-state index >= 15 is 0 Å². The lowest BCUT2D eigenvalue weighted by Crippen LogP contribution is -2.27. The second-order valence-electron chi connectivity index (χ2n) is 9.70. The standard InChI is InChI=1S/C28H32FNO5/c1-17-15-20(8-12-23(17)18-4-5-18)27(32)30-14-2-3-26(31)24-13-11-22(16-25(24)29)35-21-9-6-19(7-10-21)28(33)34/h8,11-13,15-16,18-19,21H,2-7,9-10,14H2,1H3,(H,30,32)(H,33,34). The van der Waals surface area contributed by atoms with E-state index in [9.17, 15) is 18.8 Å². The minimum absolute atomic E-state index is 0.00421. The molecule has 6 nitrogen and oxygen atoms in total. The van der Waals surface area contributed by atoms with Crippen molar-refractivity contribution in [2.75, 3.05) is 6.54 Å². The van der Waals surface area contributed by atoms with Gasteiger partial charge in [0.2, 0.25) is 0 Å². The molecule has 1 amide bonds. The van der Waals surface area contributed by atoms with Crippen molar-refractivity contribution in [3.8, 4) is 5.75 Å². The average molecular weight is 482 g/mol. The van der Waals surface area contributed by atoms with Crippen molar-refractivity contribution in [1.29, 1.82) is 0 Å². The maximum atomic E-state index is 14.6. The number of ketones is 1. The van der Waals surface area contributed by atoms with Gasteiger partial charge < -0.3 is 15.2 Å². The summed E-state index contributed by atoms with van der Waals surface area (Å²) in [6, 6.07) is 10.0. The van der Waals surface area contributed by atoms with Crippen molar-refractivity contribution in [1.82, 2.24) is 5.32 Å². The summed E-state index contributed by atoms with van der Waals surface area (Å²) in [5.74, 6) is -1.28. The molecule has 2 aliphatic rings. The largest absolute Gasteiger partial charge is 0.490 e. The zero-order valence-electron chi connectivity index (χ0n) is 20.0. The van der Waals surface area contributed by atoms with Crippen LogP contribution in [0.25, 0.3) is 0 Å². The minimum atomic E-state index is -0.783. The molecule has 0 aromatic heterocycles. The van der Waals surface area contributed by atoms with Crippen LogP contribution in [0.2, 0.25) is 0 Å². The summed E-state index contributed by atoms with van der Waals surface area (Å²) in [6.07, 6.45) is 5.11. The van der Waals surface area contributed by atoms with Crippen LogP contribution >= 0.6 is 0 Å². The van der Waals surface area contributed by atoms with Crippen LogP contribution in [-0.2, 0) is 4.79 Å². The van der Waals surface area contributed by atoms with E-state index in [1.807, 2.05) is 25.1 Å². The summed E-state index contributed by atoms with van der Waals surface area (Å²) in [7, 11) is 0. The van der Waals surface area contributed by atoms with E-state index < -0.39 is 11.8 Å². The molecule has 0 saturated heterocycles. The summed E-state index contributed by atoms with van der Waals surface area (Å²) < 4.78 is 20.4. The quantitative estimate of drug-likeness (QED) is 0.349. The van der Waals surface area contributed by atoms with Gasteiger partial charge in [-0.1, -0.05) is 6.07 Å². The number of halogens is 1. The monoisotopic (exact) mass is 481 g/mol. The van der Waals surface area contributed by atoms with Crippen molar-refractivity contribution < 1.29 is 28.6 Å². The highest BCUT2D eigenvalue weighted by Gasteiger charge is 2.27. The van der Waals surface area contributed by atoms with Crippen LogP contribution in [0.5, 0.6) is 5.75 Å². The Bertz CT molecular complexity index is 1100. The highest BCUT2D eigenvalue weighted by molar-refractivity contribution is 5.96. The molecule has 4 rings (SSSR count). The summed E-state index contributed by atoms with van der Waals surface area (Å²) in [5, 5.41) is 11.9. The van der Waals surface area contributed by atoms with Crippen molar-refractivity contribution in [2.45, 2.75) is 70.3 Å². The van der Waals surface area contributed by atoms with Crippen molar-refractivity contribution >= 4 is 17.7 Å². The van der Waals surface area contributed by atoms with Crippen LogP contribution in [0.1, 0.15) is 89.1 Å². The Hall–Kier alpha value is -3.22. The average Bonchev–Trinajstić information content (AvgIpc) is 3.67. The lowest BCUT2D eigenvalue weighted by Gasteiger charge is -2.26. The number of aliphatic carboxylic acids is 1. The molecule has 186 valence electrons. The number of carboxylic acid groups (broad SMARTS) is 1. The van der Waals surface area contributed by atoms with Gasteiger partial charge in [-0.05, 0) is 93.2 Å². The molecule has 2 aromatic carbocycles. The third kappa shape index (κ3) is 6.47. The van der Waals surface area contributed by atoms with Crippen LogP contribution in [-0.4, -0.2) is 35.4 Å². The van der Waals surface area contributed by atoms with Crippen molar-refractivity contribution in [3.63, 3.8) is 0 Å². The molecular weight excluding hydrogens is 449 g/mol. The molecule has 35 heavy (non-hydrogen) atoms. The number of carbonyl (C=O) groups is 3. The summed E-state index contributed by atoms with van der Waals surface area (Å²) >= 11 is 0.